The van der Waals surface area contributed by atoms with Crippen molar-refractivity contribution in [2.24, 2.45) is 5.73 Å². The minimum Gasteiger partial charge on any atom is -0.321 e. The van der Waals surface area contributed by atoms with E-state index in [0.29, 0.717) is 0 Å². The zero-order chi connectivity index (χ0) is 13.0. The minimum absolute atomic E-state index is 0.0845. The Morgan fingerprint density at radius 3 is 2.39 bits per heavy atom. The van der Waals surface area contributed by atoms with Crippen LogP contribution in [0.4, 0.5) is 0 Å². The second kappa shape index (κ2) is 5.85. The van der Waals surface area contributed by atoms with E-state index in [-0.39, 0.29) is 5.54 Å². The summed E-state index contributed by atoms with van der Waals surface area (Å²) < 4.78 is 0. The zero-order valence-corrected chi connectivity index (χ0v) is 11.8. The summed E-state index contributed by atoms with van der Waals surface area (Å²) in [6.07, 6.45) is 7.51. The molecule has 2 rings (SSSR count). The number of benzene rings is 1. The molecule has 1 saturated carbocycles. The molecule has 0 saturated heterocycles. The van der Waals surface area contributed by atoms with Gasteiger partial charge >= 0.3 is 0 Å². The van der Waals surface area contributed by atoms with E-state index in [2.05, 4.69) is 43.3 Å². The molecule has 2 heteroatoms. The molecule has 100 valence electrons. The van der Waals surface area contributed by atoms with Gasteiger partial charge in [-0.05, 0) is 38.1 Å². The van der Waals surface area contributed by atoms with Crippen molar-refractivity contribution in [3.8, 4) is 0 Å². The lowest BCUT2D eigenvalue weighted by atomic mass is 9.83. The Bertz CT molecular complexity index is 376. The van der Waals surface area contributed by atoms with Crippen LogP contribution in [-0.4, -0.2) is 19.0 Å². The van der Waals surface area contributed by atoms with Gasteiger partial charge in [-0.2, -0.15) is 0 Å². The molecule has 1 aliphatic carbocycles. The van der Waals surface area contributed by atoms with E-state index < -0.39 is 0 Å². The van der Waals surface area contributed by atoms with E-state index in [1.54, 1.807) is 0 Å². The van der Waals surface area contributed by atoms with Gasteiger partial charge in [0.2, 0.25) is 0 Å². The molecular weight excluding hydrogens is 220 g/mol. The largest absolute Gasteiger partial charge is 0.321 e. The third-order valence-electron chi connectivity index (χ3n) is 4.00. The fourth-order valence-electron chi connectivity index (χ4n) is 2.99. The third kappa shape index (κ3) is 3.33. The van der Waals surface area contributed by atoms with Gasteiger partial charge in [0.25, 0.3) is 0 Å². The van der Waals surface area contributed by atoms with Crippen molar-refractivity contribution < 1.29 is 0 Å². The van der Waals surface area contributed by atoms with Crippen molar-refractivity contribution in [3.63, 3.8) is 0 Å². The summed E-state index contributed by atoms with van der Waals surface area (Å²) in [5.74, 6) is 0. The third-order valence-corrected chi connectivity index (χ3v) is 4.00. The molecule has 18 heavy (non-hydrogen) atoms. The van der Waals surface area contributed by atoms with E-state index in [0.717, 1.165) is 19.4 Å². The van der Waals surface area contributed by atoms with Crippen molar-refractivity contribution in [1.82, 2.24) is 4.90 Å². The van der Waals surface area contributed by atoms with Crippen molar-refractivity contribution in [2.45, 2.75) is 50.6 Å². The van der Waals surface area contributed by atoms with Gasteiger partial charge in [0.1, 0.15) is 0 Å². The van der Waals surface area contributed by atoms with Gasteiger partial charge in [-0.25, -0.2) is 0 Å². The molecule has 0 aromatic heterocycles. The standard InChI is InChI=1S/C16H26N2/c1-18(2)13-14-8-7-9-15(12-14)16(17)10-5-3-4-6-11-16/h7-9,12H,3-6,10-11,13,17H2,1-2H3. The molecule has 0 heterocycles. The maximum atomic E-state index is 6.67. The highest BCUT2D eigenvalue weighted by molar-refractivity contribution is 5.29. The average molecular weight is 246 g/mol. The molecule has 0 amide bonds. The number of hydrogen-bond donors (Lipinski definition) is 1. The number of nitrogens with zero attached hydrogens (tertiary/aromatic N) is 1. The lowest BCUT2D eigenvalue weighted by molar-refractivity contribution is 0.381. The fraction of sp³-hybridized carbons (Fsp3) is 0.625. The van der Waals surface area contributed by atoms with Crippen molar-refractivity contribution >= 4 is 0 Å². The highest BCUT2D eigenvalue weighted by Gasteiger charge is 2.28. The Kier molecular flexibility index (Phi) is 4.41. The number of rotatable bonds is 3. The average Bonchev–Trinajstić information content (AvgIpc) is 2.55. The van der Waals surface area contributed by atoms with E-state index >= 15 is 0 Å². The second-order valence-corrected chi connectivity index (χ2v) is 6.01. The van der Waals surface area contributed by atoms with Crippen LogP contribution in [0.25, 0.3) is 0 Å². The first-order valence-corrected chi connectivity index (χ1v) is 7.13. The highest BCUT2D eigenvalue weighted by atomic mass is 15.0. The predicted octanol–water partition coefficient (Wildman–Crippen LogP) is 3.26. The van der Waals surface area contributed by atoms with Crippen LogP contribution in [0.2, 0.25) is 0 Å². The van der Waals surface area contributed by atoms with E-state index in [9.17, 15) is 0 Å². The van der Waals surface area contributed by atoms with E-state index in [4.69, 9.17) is 5.73 Å². The molecule has 0 radical (unpaired) electrons. The summed E-state index contributed by atoms with van der Waals surface area (Å²) in [6.45, 7) is 0.990. The Hall–Kier alpha value is -0.860. The monoisotopic (exact) mass is 246 g/mol. The van der Waals surface area contributed by atoms with Crippen LogP contribution in [0, 0.1) is 0 Å². The molecule has 1 fully saturated rings. The zero-order valence-electron chi connectivity index (χ0n) is 11.8. The Balaban J connectivity index is 2.20. The summed E-state index contributed by atoms with van der Waals surface area (Å²) in [4.78, 5) is 2.20. The summed E-state index contributed by atoms with van der Waals surface area (Å²) in [5.41, 5.74) is 9.29. The van der Waals surface area contributed by atoms with Crippen LogP contribution >= 0.6 is 0 Å². The minimum atomic E-state index is -0.0845. The van der Waals surface area contributed by atoms with Gasteiger partial charge in [0.15, 0.2) is 0 Å². The predicted molar refractivity (Wildman–Crippen MR) is 77.4 cm³/mol. The van der Waals surface area contributed by atoms with Crippen LogP contribution in [0.5, 0.6) is 0 Å². The van der Waals surface area contributed by atoms with Gasteiger partial charge < -0.3 is 10.6 Å². The highest BCUT2D eigenvalue weighted by Crippen LogP contribution is 2.34. The first-order chi connectivity index (χ1) is 8.60. The summed E-state index contributed by atoms with van der Waals surface area (Å²) in [6, 6.07) is 8.88. The Morgan fingerprint density at radius 2 is 1.78 bits per heavy atom. The Labute approximate surface area is 111 Å². The molecule has 0 atom stereocenters. The topological polar surface area (TPSA) is 29.3 Å². The second-order valence-electron chi connectivity index (χ2n) is 6.01. The number of hydrogen-bond acceptors (Lipinski definition) is 2. The van der Waals surface area contributed by atoms with Crippen LogP contribution in [0.3, 0.4) is 0 Å². The first-order valence-electron chi connectivity index (χ1n) is 7.13. The van der Waals surface area contributed by atoms with Gasteiger partial charge in [-0.15, -0.1) is 0 Å². The summed E-state index contributed by atoms with van der Waals surface area (Å²) >= 11 is 0. The molecular formula is C16H26N2. The SMILES string of the molecule is CN(C)Cc1cccc(C2(N)CCCCCC2)c1. The molecule has 0 unspecified atom stereocenters. The molecule has 2 nitrogen and oxygen atoms in total. The van der Waals surface area contributed by atoms with Crippen molar-refractivity contribution in [2.75, 3.05) is 14.1 Å². The van der Waals surface area contributed by atoms with E-state index in [1.807, 2.05) is 0 Å². The first kappa shape index (κ1) is 13.6. The van der Waals surface area contributed by atoms with Crippen molar-refractivity contribution in [1.29, 1.82) is 0 Å². The maximum absolute atomic E-state index is 6.67. The smallest absolute Gasteiger partial charge is 0.0409 e. The van der Waals surface area contributed by atoms with Crippen LogP contribution in [-0.2, 0) is 12.1 Å². The molecule has 1 aromatic rings. The molecule has 0 bridgehead atoms. The maximum Gasteiger partial charge on any atom is 0.0409 e. The van der Waals surface area contributed by atoms with Gasteiger partial charge in [-0.1, -0.05) is 49.9 Å². The quantitative estimate of drug-likeness (QED) is 0.830. The van der Waals surface area contributed by atoms with Crippen molar-refractivity contribution in [3.05, 3.63) is 35.4 Å². The van der Waals surface area contributed by atoms with Crippen LogP contribution in [0.1, 0.15) is 49.7 Å². The van der Waals surface area contributed by atoms with Crippen LogP contribution in [0.15, 0.2) is 24.3 Å². The number of nitrogens with two attached hydrogens (primary N) is 1. The molecule has 0 aliphatic heterocycles. The Morgan fingerprint density at radius 1 is 1.11 bits per heavy atom. The van der Waals surface area contributed by atoms with Crippen LogP contribution < -0.4 is 5.73 Å². The van der Waals surface area contributed by atoms with E-state index in [1.165, 1.54) is 36.8 Å². The molecule has 2 N–H and O–H groups in total. The lowest BCUT2D eigenvalue weighted by Gasteiger charge is -2.29. The molecule has 1 aromatic carbocycles. The van der Waals surface area contributed by atoms with Gasteiger partial charge in [0.05, 0.1) is 0 Å². The molecule has 1 aliphatic rings. The fourth-order valence-corrected chi connectivity index (χ4v) is 2.99. The summed E-state index contributed by atoms with van der Waals surface area (Å²) in [7, 11) is 4.22. The summed E-state index contributed by atoms with van der Waals surface area (Å²) in [5, 5.41) is 0. The lowest BCUT2D eigenvalue weighted by Crippen LogP contribution is -2.36. The van der Waals surface area contributed by atoms with Gasteiger partial charge in [-0.3, -0.25) is 0 Å². The van der Waals surface area contributed by atoms with Gasteiger partial charge in [0, 0.05) is 12.1 Å². The normalized spacial score (nSPS) is 19.8. The molecule has 0 spiro atoms.